The molecule has 38 heavy (non-hydrogen) atoms. The Kier molecular flexibility index (Phi) is 7.95. The quantitative estimate of drug-likeness (QED) is 0.417. The van der Waals surface area contributed by atoms with E-state index in [0.29, 0.717) is 24.5 Å². The van der Waals surface area contributed by atoms with Gasteiger partial charge in [0.25, 0.3) is 0 Å². The van der Waals surface area contributed by atoms with Gasteiger partial charge in [0.15, 0.2) is 18.1 Å². The molecule has 2 N–H and O–H groups in total. The predicted molar refractivity (Wildman–Crippen MR) is 144 cm³/mol. The predicted octanol–water partition coefficient (Wildman–Crippen LogP) is 4.01. The van der Waals surface area contributed by atoms with Crippen LogP contribution in [0.5, 0.6) is 17.2 Å². The van der Waals surface area contributed by atoms with E-state index >= 15 is 0 Å². The minimum absolute atomic E-state index is 0.0278. The van der Waals surface area contributed by atoms with Crippen LogP contribution in [0.4, 0.5) is 0 Å². The van der Waals surface area contributed by atoms with E-state index in [1.807, 2.05) is 50.0 Å². The Morgan fingerprint density at radius 1 is 1.08 bits per heavy atom. The number of aryl methyl sites for hydroxylation is 2. The van der Waals surface area contributed by atoms with E-state index in [0.717, 1.165) is 33.6 Å². The van der Waals surface area contributed by atoms with Crippen molar-refractivity contribution >= 4 is 23.6 Å². The van der Waals surface area contributed by atoms with E-state index in [-0.39, 0.29) is 17.7 Å². The van der Waals surface area contributed by atoms with Crippen LogP contribution in [0.15, 0.2) is 48.7 Å². The number of aromatic nitrogens is 1. The lowest BCUT2D eigenvalue weighted by atomic mass is 9.98. The van der Waals surface area contributed by atoms with Crippen molar-refractivity contribution in [2.45, 2.75) is 25.9 Å². The fraction of sp³-hybridized carbons (Fsp3) is 0.310. The fourth-order valence-corrected chi connectivity index (χ4v) is 4.72. The number of rotatable bonds is 10. The molecule has 1 atom stereocenters. The summed E-state index contributed by atoms with van der Waals surface area (Å²) in [6.45, 7) is 1.99. The molecule has 0 radical (unpaired) electrons. The number of nitrogens with one attached hydrogen (secondary N) is 1. The number of hydrogen-bond donors (Lipinski definition) is 2. The second kappa shape index (κ2) is 11.3. The monoisotopic (exact) mass is 519 g/mol. The summed E-state index contributed by atoms with van der Waals surface area (Å²) in [6.07, 6.45) is 4.27. The van der Waals surface area contributed by atoms with Crippen LogP contribution in [0.1, 0.15) is 40.4 Å². The second-order valence-electron chi connectivity index (χ2n) is 9.28. The zero-order valence-corrected chi connectivity index (χ0v) is 22.3. The van der Waals surface area contributed by atoms with E-state index in [2.05, 4.69) is 28.4 Å². The smallest absolute Gasteiger partial charge is 0.341 e. The summed E-state index contributed by atoms with van der Waals surface area (Å²) in [5.41, 5.74) is 6.02. The van der Waals surface area contributed by atoms with Crippen molar-refractivity contribution in [1.82, 2.24) is 14.8 Å². The first-order valence-corrected chi connectivity index (χ1v) is 12.2. The first kappa shape index (κ1) is 26.7. The SMILES string of the molecule is COc1cc(/C=C2\c3ccc(C)cc3C(CC(=O)NCc3cccn3C)N2C)cc(OC)c1OCC(=O)O. The summed E-state index contributed by atoms with van der Waals surface area (Å²) in [6, 6.07) is 13.6. The van der Waals surface area contributed by atoms with Crippen LogP contribution in [-0.4, -0.2) is 54.3 Å². The van der Waals surface area contributed by atoms with Crippen molar-refractivity contribution in [2.24, 2.45) is 7.05 Å². The molecule has 0 saturated heterocycles. The first-order valence-electron chi connectivity index (χ1n) is 12.2. The first-order chi connectivity index (χ1) is 18.2. The van der Waals surface area contributed by atoms with Gasteiger partial charge in [-0.15, -0.1) is 0 Å². The van der Waals surface area contributed by atoms with Crippen LogP contribution >= 0.6 is 0 Å². The lowest BCUT2D eigenvalue weighted by Gasteiger charge is -2.24. The Labute approximate surface area is 222 Å². The molecule has 1 aliphatic rings. The molecule has 9 heteroatoms. The third-order valence-electron chi connectivity index (χ3n) is 6.71. The summed E-state index contributed by atoms with van der Waals surface area (Å²) in [5, 5.41) is 12.1. The van der Waals surface area contributed by atoms with Crippen LogP contribution in [0, 0.1) is 6.92 Å². The van der Waals surface area contributed by atoms with Crippen LogP contribution in [-0.2, 0) is 23.2 Å². The number of fused-ring (bicyclic) bond motifs is 1. The van der Waals surface area contributed by atoms with Crippen molar-refractivity contribution in [3.63, 3.8) is 0 Å². The number of aliphatic carboxylic acids is 1. The summed E-state index contributed by atoms with van der Waals surface area (Å²) in [5.74, 6) is -0.181. The highest BCUT2D eigenvalue weighted by molar-refractivity contribution is 5.87. The van der Waals surface area contributed by atoms with Crippen molar-refractivity contribution < 1.29 is 28.9 Å². The highest BCUT2D eigenvalue weighted by Crippen LogP contribution is 2.45. The maximum Gasteiger partial charge on any atom is 0.341 e. The zero-order chi connectivity index (χ0) is 27.4. The number of methoxy groups -OCH3 is 2. The standard InChI is InChI=1S/C29H33N3O6/c1-18-8-9-21-22(11-18)24(15-27(33)30-16-20-7-6-10-31(20)2)32(3)23(21)12-19-13-25(36-4)29(26(14-19)37-5)38-17-28(34)35/h6-14,24H,15-17H2,1-5H3,(H,30,33)(H,34,35)/b23-12+. The molecule has 0 bridgehead atoms. The van der Waals surface area contributed by atoms with Gasteiger partial charge < -0.3 is 34.1 Å². The lowest BCUT2D eigenvalue weighted by molar-refractivity contribution is -0.139. The van der Waals surface area contributed by atoms with Gasteiger partial charge in [-0.25, -0.2) is 4.79 Å². The molecule has 1 aliphatic heterocycles. The summed E-state index contributed by atoms with van der Waals surface area (Å²) in [7, 11) is 6.92. The highest BCUT2D eigenvalue weighted by atomic mass is 16.5. The van der Waals surface area contributed by atoms with Crippen molar-refractivity contribution in [1.29, 1.82) is 0 Å². The molecular weight excluding hydrogens is 486 g/mol. The fourth-order valence-electron chi connectivity index (χ4n) is 4.72. The normalized spacial score (nSPS) is 15.3. The van der Waals surface area contributed by atoms with Gasteiger partial charge in [-0.1, -0.05) is 23.8 Å². The Balaban J connectivity index is 1.64. The van der Waals surface area contributed by atoms with Crippen LogP contribution in [0.2, 0.25) is 0 Å². The zero-order valence-electron chi connectivity index (χ0n) is 22.3. The molecule has 4 rings (SSSR count). The molecule has 1 aromatic heterocycles. The van der Waals surface area contributed by atoms with Crippen LogP contribution in [0.25, 0.3) is 11.8 Å². The van der Waals surface area contributed by atoms with Gasteiger partial charge in [0, 0.05) is 37.2 Å². The Bertz CT molecular complexity index is 1350. The number of ether oxygens (including phenoxy) is 3. The maximum atomic E-state index is 13.0. The number of carbonyl (C=O) groups excluding carboxylic acids is 1. The van der Waals surface area contributed by atoms with E-state index < -0.39 is 12.6 Å². The molecule has 0 saturated carbocycles. The van der Waals surface area contributed by atoms with E-state index in [1.54, 1.807) is 12.1 Å². The average molecular weight is 520 g/mol. The number of carboxylic acid groups (broad SMARTS) is 1. The molecule has 200 valence electrons. The van der Waals surface area contributed by atoms with Gasteiger partial charge in [0.1, 0.15) is 0 Å². The third kappa shape index (κ3) is 5.61. The molecule has 3 aromatic rings. The van der Waals surface area contributed by atoms with Crippen molar-refractivity contribution in [3.8, 4) is 17.2 Å². The number of carbonyl (C=O) groups is 2. The van der Waals surface area contributed by atoms with E-state index in [1.165, 1.54) is 14.2 Å². The van der Waals surface area contributed by atoms with Gasteiger partial charge in [-0.05, 0) is 48.4 Å². The summed E-state index contributed by atoms with van der Waals surface area (Å²) >= 11 is 0. The number of carboxylic acids is 1. The highest BCUT2D eigenvalue weighted by Gasteiger charge is 2.33. The molecule has 9 nitrogen and oxygen atoms in total. The van der Waals surface area contributed by atoms with Gasteiger partial charge in [-0.2, -0.15) is 0 Å². The van der Waals surface area contributed by atoms with Crippen molar-refractivity contribution in [2.75, 3.05) is 27.9 Å². The van der Waals surface area contributed by atoms with E-state index in [4.69, 9.17) is 19.3 Å². The summed E-state index contributed by atoms with van der Waals surface area (Å²) in [4.78, 5) is 26.1. The van der Waals surface area contributed by atoms with Gasteiger partial charge in [0.2, 0.25) is 11.7 Å². The number of amides is 1. The number of nitrogens with zero attached hydrogens (tertiary/aromatic N) is 2. The lowest BCUT2D eigenvalue weighted by Crippen LogP contribution is -2.28. The Morgan fingerprint density at radius 3 is 2.39 bits per heavy atom. The molecule has 1 amide bonds. The topological polar surface area (TPSA) is 102 Å². The maximum absolute atomic E-state index is 13.0. The molecule has 0 aliphatic carbocycles. The van der Waals surface area contributed by atoms with Crippen LogP contribution in [0.3, 0.4) is 0 Å². The molecular formula is C29H33N3O6. The second-order valence-corrected chi connectivity index (χ2v) is 9.28. The molecule has 2 aromatic carbocycles. The molecule has 2 heterocycles. The molecule has 1 unspecified atom stereocenters. The van der Waals surface area contributed by atoms with Gasteiger partial charge in [-0.3, -0.25) is 4.79 Å². The average Bonchev–Trinajstić information content (AvgIpc) is 3.41. The van der Waals surface area contributed by atoms with Crippen molar-refractivity contribution in [3.05, 3.63) is 76.6 Å². The minimum atomic E-state index is -1.10. The van der Waals surface area contributed by atoms with E-state index in [9.17, 15) is 9.59 Å². The molecule has 0 spiro atoms. The van der Waals surface area contributed by atoms with Gasteiger partial charge >= 0.3 is 5.97 Å². The Morgan fingerprint density at radius 2 is 1.79 bits per heavy atom. The van der Waals surface area contributed by atoms with Gasteiger partial charge in [0.05, 0.1) is 33.2 Å². The third-order valence-corrected chi connectivity index (χ3v) is 6.71. The Hall–Kier alpha value is -4.40. The van der Waals surface area contributed by atoms with Crippen LogP contribution < -0.4 is 19.5 Å². The largest absolute Gasteiger partial charge is 0.493 e. The minimum Gasteiger partial charge on any atom is -0.493 e. The number of hydrogen-bond acceptors (Lipinski definition) is 6. The number of benzene rings is 2. The summed E-state index contributed by atoms with van der Waals surface area (Å²) < 4.78 is 18.4. The molecule has 0 fully saturated rings.